The number of nitrogens with zero attached hydrogens (tertiary/aromatic N) is 2. The van der Waals surface area contributed by atoms with E-state index in [2.05, 4.69) is 180 Å². The lowest BCUT2D eigenvalue weighted by molar-refractivity contribution is 0.465. The van der Waals surface area contributed by atoms with Gasteiger partial charge in [0, 0.05) is 45.7 Å². The fourth-order valence-electron chi connectivity index (χ4n) is 7.74. The van der Waals surface area contributed by atoms with Crippen molar-refractivity contribution in [1.82, 2.24) is 0 Å². The summed E-state index contributed by atoms with van der Waals surface area (Å²) in [5, 5.41) is 0. The van der Waals surface area contributed by atoms with Crippen LogP contribution in [0.25, 0.3) is 11.1 Å². The number of fused-ring (bicyclic) bond motifs is 4. The summed E-state index contributed by atoms with van der Waals surface area (Å²) in [5.74, 6) is 3.35. The Balaban J connectivity index is 1.07. The highest BCUT2D eigenvalue weighted by Gasteiger charge is 2.40. The highest BCUT2D eigenvalue weighted by molar-refractivity contribution is 6.98. The van der Waals surface area contributed by atoms with Crippen LogP contribution in [0, 0.1) is 0 Å². The van der Waals surface area contributed by atoms with Crippen molar-refractivity contribution in [3.05, 3.63) is 200 Å². The summed E-state index contributed by atoms with van der Waals surface area (Å²) in [6, 6.07) is 70.0. The Labute approximate surface area is 309 Å². The maximum atomic E-state index is 6.93. The van der Waals surface area contributed by atoms with Crippen molar-refractivity contribution in [2.45, 2.75) is 0 Å². The SMILES string of the molecule is c1ccc(N(c2ccccc2)c2ccc(-c3cc4c5c(c3)Oc3cc(N(c6ccccc6)c6ccccc6)ccc3B5c3ccccc3O4)cc2)cc1. The first-order valence-corrected chi connectivity index (χ1v) is 18.0. The molecule has 4 nitrogen and oxygen atoms in total. The van der Waals surface area contributed by atoms with E-state index in [9.17, 15) is 0 Å². The number of anilines is 6. The Hall–Kier alpha value is -6.98. The van der Waals surface area contributed by atoms with Crippen LogP contribution < -0.4 is 35.7 Å². The van der Waals surface area contributed by atoms with Crippen LogP contribution in [0.4, 0.5) is 34.1 Å². The highest BCUT2D eigenvalue weighted by Crippen LogP contribution is 2.42. The third-order valence-corrected chi connectivity index (χ3v) is 10.1. The minimum Gasteiger partial charge on any atom is -0.458 e. The molecule has 8 aromatic rings. The van der Waals surface area contributed by atoms with E-state index < -0.39 is 0 Å². The number of benzene rings is 8. The summed E-state index contributed by atoms with van der Waals surface area (Å²) in [4.78, 5) is 4.55. The molecule has 0 aliphatic carbocycles. The maximum absolute atomic E-state index is 6.93. The van der Waals surface area contributed by atoms with Gasteiger partial charge in [0.25, 0.3) is 6.71 Å². The van der Waals surface area contributed by atoms with Gasteiger partial charge in [-0.25, -0.2) is 0 Å². The topological polar surface area (TPSA) is 24.9 Å². The van der Waals surface area contributed by atoms with E-state index in [1.165, 1.54) is 0 Å². The lowest BCUT2D eigenvalue weighted by atomic mass is 9.35. The molecule has 5 heteroatoms. The summed E-state index contributed by atoms with van der Waals surface area (Å²) in [6.45, 7) is -0.0219. The lowest BCUT2D eigenvalue weighted by Gasteiger charge is -2.34. The van der Waals surface area contributed by atoms with Crippen LogP contribution in [0.3, 0.4) is 0 Å². The van der Waals surface area contributed by atoms with Crippen LogP contribution in [0.2, 0.25) is 0 Å². The van der Waals surface area contributed by atoms with Gasteiger partial charge < -0.3 is 19.3 Å². The van der Waals surface area contributed by atoms with E-state index in [0.717, 1.165) is 84.6 Å². The van der Waals surface area contributed by atoms with Crippen molar-refractivity contribution >= 4 is 57.2 Å². The van der Waals surface area contributed by atoms with Gasteiger partial charge in [-0.2, -0.15) is 0 Å². The standard InChI is InChI=1S/C48H33BN2O2/c1-5-15-36(16-6-1)50(37-17-7-2-8-18-37)40-27-25-34(26-28-40)35-31-46-48-47(32-35)53-45-33-41(29-30-43(45)49(48)42-23-13-14-24-44(42)52-46)51(38-19-9-3-10-20-38)39-21-11-4-12-22-39/h1-33H. The van der Waals surface area contributed by atoms with E-state index in [-0.39, 0.29) is 6.71 Å². The van der Waals surface area contributed by atoms with E-state index >= 15 is 0 Å². The molecule has 0 spiro atoms. The van der Waals surface area contributed by atoms with Crippen molar-refractivity contribution in [2.24, 2.45) is 0 Å². The van der Waals surface area contributed by atoms with Crippen LogP contribution in [0.5, 0.6) is 23.0 Å². The monoisotopic (exact) mass is 680 g/mol. The zero-order valence-corrected chi connectivity index (χ0v) is 28.8. The van der Waals surface area contributed by atoms with Crippen molar-refractivity contribution < 1.29 is 9.47 Å². The molecule has 0 atom stereocenters. The fourth-order valence-corrected chi connectivity index (χ4v) is 7.74. The molecule has 53 heavy (non-hydrogen) atoms. The van der Waals surface area contributed by atoms with Gasteiger partial charge in [0.2, 0.25) is 0 Å². The van der Waals surface area contributed by atoms with E-state index in [1.54, 1.807) is 0 Å². The van der Waals surface area contributed by atoms with Gasteiger partial charge in [-0.3, -0.25) is 0 Å². The fraction of sp³-hybridized carbons (Fsp3) is 0. The third-order valence-electron chi connectivity index (χ3n) is 10.1. The maximum Gasteiger partial charge on any atom is 0.260 e. The molecule has 8 aromatic carbocycles. The molecule has 2 aliphatic rings. The zero-order chi connectivity index (χ0) is 35.1. The Bertz CT molecular complexity index is 2480. The second kappa shape index (κ2) is 13.0. The zero-order valence-electron chi connectivity index (χ0n) is 28.8. The second-order valence-electron chi connectivity index (χ2n) is 13.3. The molecule has 250 valence electrons. The smallest absolute Gasteiger partial charge is 0.260 e. The predicted molar refractivity (Wildman–Crippen MR) is 219 cm³/mol. The molecule has 0 N–H and O–H groups in total. The molecule has 0 unspecified atom stereocenters. The quantitative estimate of drug-likeness (QED) is 0.157. The molecule has 0 aromatic heterocycles. The Morgan fingerprint density at radius 1 is 0.302 bits per heavy atom. The number of ether oxygens (including phenoxy) is 2. The summed E-state index contributed by atoms with van der Waals surface area (Å²) in [7, 11) is 0. The molecule has 0 saturated heterocycles. The van der Waals surface area contributed by atoms with Gasteiger partial charge >= 0.3 is 0 Å². The van der Waals surface area contributed by atoms with Crippen LogP contribution in [0.1, 0.15) is 0 Å². The number of hydrogen-bond acceptors (Lipinski definition) is 4. The Kier molecular flexibility index (Phi) is 7.54. The van der Waals surface area contributed by atoms with Gasteiger partial charge in [-0.1, -0.05) is 109 Å². The first kappa shape index (κ1) is 30.8. The third kappa shape index (κ3) is 5.51. The van der Waals surface area contributed by atoms with Gasteiger partial charge in [0.1, 0.15) is 23.0 Å². The first-order valence-electron chi connectivity index (χ1n) is 18.0. The molecule has 2 heterocycles. The average Bonchev–Trinajstić information content (AvgIpc) is 3.22. The normalized spacial score (nSPS) is 12.0. The number of rotatable bonds is 7. The van der Waals surface area contributed by atoms with Crippen LogP contribution >= 0.6 is 0 Å². The Morgan fingerprint density at radius 2 is 0.717 bits per heavy atom. The van der Waals surface area contributed by atoms with Crippen LogP contribution in [-0.4, -0.2) is 6.71 Å². The predicted octanol–water partition coefficient (Wildman–Crippen LogP) is 11.0. The van der Waals surface area contributed by atoms with Gasteiger partial charge in [-0.15, -0.1) is 0 Å². The molecular formula is C48H33BN2O2. The molecule has 0 saturated carbocycles. The van der Waals surface area contributed by atoms with Crippen LogP contribution in [-0.2, 0) is 0 Å². The van der Waals surface area contributed by atoms with Gasteiger partial charge in [0.15, 0.2) is 0 Å². The summed E-state index contributed by atoms with van der Waals surface area (Å²) >= 11 is 0. The minimum absolute atomic E-state index is 0.0219. The second-order valence-corrected chi connectivity index (χ2v) is 13.3. The van der Waals surface area contributed by atoms with Gasteiger partial charge in [-0.05, 0) is 107 Å². The number of para-hydroxylation sites is 5. The van der Waals surface area contributed by atoms with Crippen LogP contribution in [0.15, 0.2) is 200 Å². The van der Waals surface area contributed by atoms with E-state index in [0.29, 0.717) is 0 Å². The molecule has 2 aliphatic heterocycles. The largest absolute Gasteiger partial charge is 0.458 e. The summed E-state index contributed by atoms with van der Waals surface area (Å²) in [6.07, 6.45) is 0. The number of hydrogen-bond donors (Lipinski definition) is 0. The van der Waals surface area contributed by atoms with Crippen molar-refractivity contribution in [3.8, 4) is 34.1 Å². The van der Waals surface area contributed by atoms with Crippen molar-refractivity contribution in [3.63, 3.8) is 0 Å². The van der Waals surface area contributed by atoms with Gasteiger partial charge in [0.05, 0.1) is 0 Å². The molecular weight excluding hydrogens is 647 g/mol. The van der Waals surface area contributed by atoms with Crippen molar-refractivity contribution in [2.75, 3.05) is 9.80 Å². The molecule has 0 radical (unpaired) electrons. The summed E-state index contributed by atoms with van der Waals surface area (Å²) < 4.78 is 13.6. The molecule has 0 fully saturated rings. The highest BCUT2D eigenvalue weighted by atomic mass is 16.5. The Morgan fingerprint density at radius 3 is 1.26 bits per heavy atom. The lowest BCUT2D eigenvalue weighted by Crippen LogP contribution is -2.57. The molecule has 0 amide bonds. The first-order chi connectivity index (χ1) is 26.3. The van der Waals surface area contributed by atoms with Crippen molar-refractivity contribution in [1.29, 1.82) is 0 Å². The minimum atomic E-state index is -0.0219. The van der Waals surface area contributed by atoms with E-state index in [1.807, 2.05) is 30.3 Å². The van der Waals surface area contributed by atoms with E-state index in [4.69, 9.17) is 9.47 Å². The molecule has 0 bridgehead atoms. The molecule has 10 rings (SSSR count). The summed E-state index contributed by atoms with van der Waals surface area (Å²) in [5.41, 5.74) is 11.9. The average molecular weight is 681 g/mol.